The number of hydrogen-bond acceptors (Lipinski definition) is 3. The van der Waals surface area contributed by atoms with Crippen LogP contribution < -0.4 is 5.32 Å². The third-order valence-electron chi connectivity index (χ3n) is 3.93. The molecule has 1 aromatic heterocycles. The molecule has 1 N–H and O–H groups in total. The van der Waals surface area contributed by atoms with E-state index in [1.54, 1.807) is 12.1 Å². The number of rotatable bonds is 3. The molecular weight excluding hydrogens is 345 g/mol. The Labute approximate surface area is 141 Å². The molecule has 0 saturated carbocycles. The van der Waals surface area contributed by atoms with Crippen LogP contribution >= 0.6 is 22.9 Å². The Morgan fingerprint density at radius 1 is 1.04 bits per heavy atom. The van der Waals surface area contributed by atoms with Gasteiger partial charge in [0.25, 0.3) is 0 Å². The molecule has 0 bridgehead atoms. The Kier molecular flexibility index (Phi) is 4.96. The SMILES string of the molecule is FC(F)(F)c1ccc([C@H](c2ccc(Cl)s2)N2CCNCC2)cc1. The summed E-state index contributed by atoms with van der Waals surface area (Å²) in [6, 6.07) is 9.18. The minimum atomic E-state index is -4.31. The van der Waals surface area contributed by atoms with Crippen LogP contribution in [0.15, 0.2) is 36.4 Å². The van der Waals surface area contributed by atoms with Crippen molar-refractivity contribution in [3.05, 3.63) is 56.7 Å². The zero-order valence-corrected chi connectivity index (χ0v) is 13.8. The second kappa shape index (κ2) is 6.81. The number of alkyl halides is 3. The van der Waals surface area contributed by atoms with Gasteiger partial charge in [-0.25, -0.2) is 0 Å². The van der Waals surface area contributed by atoms with Crippen molar-refractivity contribution in [3.8, 4) is 0 Å². The zero-order valence-electron chi connectivity index (χ0n) is 12.2. The van der Waals surface area contributed by atoms with E-state index in [9.17, 15) is 13.2 Å². The first-order chi connectivity index (χ1) is 10.9. The van der Waals surface area contributed by atoms with Crippen LogP contribution in [0.3, 0.4) is 0 Å². The minimum Gasteiger partial charge on any atom is -0.314 e. The molecule has 124 valence electrons. The second-order valence-electron chi connectivity index (χ2n) is 5.45. The molecule has 1 saturated heterocycles. The van der Waals surface area contributed by atoms with Gasteiger partial charge in [-0.05, 0) is 29.8 Å². The summed E-state index contributed by atoms with van der Waals surface area (Å²) in [6.45, 7) is 3.44. The summed E-state index contributed by atoms with van der Waals surface area (Å²) in [5, 5.41) is 3.29. The molecule has 0 spiro atoms. The molecule has 2 heterocycles. The van der Waals surface area contributed by atoms with Gasteiger partial charge in [-0.3, -0.25) is 4.90 Å². The number of nitrogens with zero attached hydrogens (tertiary/aromatic N) is 1. The van der Waals surface area contributed by atoms with E-state index in [0.29, 0.717) is 4.34 Å². The molecule has 0 unspecified atom stereocenters. The molecule has 0 amide bonds. The summed E-state index contributed by atoms with van der Waals surface area (Å²) in [5.74, 6) is 0. The highest BCUT2D eigenvalue weighted by Crippen LogP contribution is 2.37. The highest BCUT2D eigenvalue weighted by atomic mass is 35.5. The van der Waals surface area contributed by atoms with E-state index >= 15 is 0 Å². The second-order valence-corrected chi connectivity index (χ2v) is 7.20. The number of thiophene rings is 1. The quantitative estimate of drug-likeness (QED) is 0.872. The third-order valence-corrected chi connectivity index (χ3v) is 5.22. The summed E-state index contributed by atoms with van der Waals surface area (Å²) in [5.41, 5.74) is 0.239. The third kappa shape index (κ3) is 3.88. The van der Waals surface area contributed by atoms with Crippen molar-refractivity contribution in [1.82, 2.24) is 10.2 Å². The molecule has 3 rings (SSSR count). The lowest BCUT2D eigenvalue weighted by atomic mass is 10.0. The lowest BCUT2D eigenvalue weighted by Gasteiger charge is -2.34. The largest absolute Gasteiger partial charge is 0.416 e. The Balaban J connectivity index is 1.94. The fraction of sp³-hybridized carbons (Fsp3) is 0.375. The maximum Gasteiger partial charge on any atom is 0.416 e. The summed E-state index contributed by atoms with van der Waals surface area (Å²) >= 11 is 7.53. The lowest BCUT2D eigenvalue weighted by molar-refractivity contribution is -0.137. The topological polar surface area (TPSA) is 15.3 Å². The van der Waals surface area contributed by atoms with E-state index in [2.05, 4.69) is 10.2 Å². The van der Waals surface area contributed by atoms with Crippen molar-refractivity contribution in [1.29, 1.82) is 0 Å². The van der Waals surface area contributed by atoms with Gasteiger partial charge in [0.15, 0.2) is 0 Å². The predicted molar refractivity (Wildman–Crippen MR) is 87.1 cm³/mol. The van der Waals surface area contributed by atoms with Crippen LogP contribution in [0, 0.1) is 0 Å². The summed E-state index contributed by atoms with van der Waals surface area (Å²) in [7, 11) is 0. The van der Waals surface area contributed by atoms with Gasteiger partial charge >= 0.3 is 6.18 Å². The smallest absolute Gasteiger partial charge is 0.314 e. The first-order valence-electron chi connectivity index (χ1n) is 7.32. The maximum atomic E-state index is 12.8. The van der Waals surface area contributed by atoms with Crippen molar-refractivity contribution in [2.75, 3.05) is 26.2 Å². The van der Waals surface area contributed by atoms with Crippen molar-refractivity contribution >= 4 is 22.9 Å². The Morgan fingerprint density at radius 2 is 1.70 bits per heavy atom. The van der Waals surface area contributed by atoms with E-state index in [-0.39, 0.29) is 6.04 Å². The molecule has 1 aliphatic rings. The van der Waals surface area contributed by atoms with Gasteiger partial charge in [-0.1, -0.05) is 23.7 Å². The Hall–Kier alpha value is -1.08. The van der Waals surface area contributed by atoms with Gasteiger partial charge < -0.3 is 5.32 Å². The van der Waals surface area contributed by atoms with Crippen LogP contribution in [0.4, 0.5) is 13.2 Å². The molecule has 0 radical (unpaired) electrons. The monoisotopic (exact) mass is 360 g/mol. The Morgan fingerprint density at radius 3 is 2.22 bits per heavy atom. The van der Waals surface area contributed by atoms with Crippen molar-refractivity contribution in [2.45, 2.75) is 12.2 Å². The molecule has 2 aromatic rings. The van der Waals surface area contributed by atoms with E-state index in [0.717, 1.165) is 48.8 Å². The first-order valence-corrected chi connectivity index (χ1v) is 8.52. The fourth-order valence-corrected chi connectivity index (χ4v) is 4.05. The maximum absolute atomic E-state index is 12.8. The van der Waals surface area contributed by atoms with Gasteiger partial charge in [0.1, 0.15) is 0 Å². The van der Waals surface area contributed by atoms with Gasteiger partial charge in [0.05, 0.1) is 15.9 Å². The van der Waals surface area contributed by atoms with Crippen molar-refractivity contribution in [2.24, 2.45) is 0 Å². The van der Waals surface area contributed by atoms with Gasteiger partial charge in [-0.2, -0.15) is 13.2 Å². The highest BCUT2D eigenvalue weighted by molar-refractivity contribution is 7.16. The number of benzene rings is 1. The molecule has 23 heavy (non-hydrogen) atoms. The summed E-state index contributed by atoms with van der Waals surface area (Å²) < 4.78 is 39.0. The van der Waals surface area contributed by atoms with E-state index in [1.807, 2.05) is 12.1 Å². The van der Waals surface area contributed by atoms with Crippen LogP contribution in [-0.4, -0.2) is 31.1 Å². The van der Waals surface area contributed by atoms with E-state index in [4.69, 9.17) is 11.6 Å². The molecule has 7 heteroatoms. The van der Waals surface area contributed by atoms with Crippen LogP contribution in [0.25, 0.3) is 0 Å². The van der Waals surface area contributed by atoms with E-state index < -0.39 is 11.7 Å². The first kappa shape index (κ1) is 16.8. The van der Waals surface area contributed by atoms with Crippen LogP contribution in [0.1, 0.15) is 22.0 Å². The van der Waals surface area contributed by atoms with Crippen LogP contribution in [0.5, 0.6) is 0 Å². The van der Waals surface area contributed by atoms with Crippen LogP contribution in [-0.2, 0) is 6.18 Å². The summed E-state index contributed by atoms with van der Waals surface area (Å²) in [4.78, 5) is 3.33. The minimum absolute atomic E-state index is 0.0584. The Bertz CT molecular complexity index is 648. The van der Waals surface area contributed by atoms with Gasteiger partial charge in [0.2, 0.25) is 0 Å². The van der Waals surface area contributed by atoms with E-state index in [1.165, 1.54) is 11.3 Å². The molecule has 1 fully saturated rings. The predicted octanol–water partition coefficient (Wildman–Crippen LogP) is 4.41. The standard InChI is InChI=1S/C16H16ClF3N2S/c17-14-6-5-13(23-14)15(22-9-7-21-8-10-22)11-1-3-12(4-2-11)16(18,19)20/h1-6,15,21H,7-10H2/t15-/m1/s1. The molecule has 1 atom stereocenters. The molecule has 1 aromatic carbocycles. The van der Waals surface area contributed by atoms with Crippen LogP contribution in [0.2, 0.25) is 4.34 Å². The number of hydrogen-bond donors (Lipinski definition) is 1. The number of nitrogens with one attached hydrogen (secondary N) is 1. The number of piperazine rings is 1. The normalized spacial score (nSPS) is 18.1. The molecule has 1 aliphatic heterocycles. The molecular formula is C16H16ClF3N2S. The lowest BCUT2D eigenvalue weighted by Crippen LogP contribution is -2.45. The highest BCUT2D eigenvalue weighted by Gasteiger charge is 2.31. The van der Waals surface area contributed by atoms with Gasteiger partial charge in [0, 0.05) is 31.1 Å². The average molecular weight is 361 g/mol. The average Bonchev–Trinajstić information content (AvgIpc) is 2.94. The van der Waals surface area contributed by atoms with Crippen molar-refractivity contribution < 1.29 is 13.2 Å². The van der Waals surface area contributed by atoms with Crippen molar-refractivity contribution in [3.63, 3.8) is 0 Å². The zero-order chi connectivity index (χ0) is 16.4. The molecule has 2 nitrogen and oxygen atoms in total. The number of halogens is 4. The van der Waals surface area contributed by atoms with Gasteiger partial charge in [-0.15, -0.1) is 11.3 Å². The fourth-order valence-electron chi connectivity index (χ4n) is 2.82. The molecule has 0 aliphatic carbocycles. The summed E-state index contributed by atoms with van der Waals surface area (Å²) in [6.07, 6.45) is -4.31.